The molecule has 0 aliphatic rings. The van der Waals surface area contributed by atoms with E-state index < -0.39 is 6.04 Å². The molecule has 7 heteroatoms. The number of hydrogen-bond donors (Lipinski definition) is 2. The van der Waals surface area contributed by atoms with E-state index >= 15 is 0 Å². The number of likely N-dealkylation sites (N-methyl/N-ethyl adjacent to an activating group) is 1. The summed E-state index contributed by atoms with van der Waals surface area (Å²) in [6, 6.07) is -0.462. The highest BCUT2D eigenvalue weighted by Crippen LogP contribution is 2.07. The van der Waals surface area contributed by atoms with Gasteiger partial charge in [-0.05, 0) is 31.5 Å². The Morgan fingerprint density at radius 2 is 2.24 bits per heavy atom. The van der Waals surface area contributed by atoms with Crippen LogP contribution < -0.4 is 11.1 Å². The predicted octanol–water partition coefficient (Wildman–Crippen LogP) is 1.24. The number of amides is 1. The molecule has 6 nitrogen and oxygen atoms in total. The van der Waals surface area contributed by atoms with Crippen LogP contribution in [0.2, 0.25) is 0 Å². The van der Waals surface area contributed by atoms with E-state index in [0.29, 0.717) is 12.1 Å². The Morgan fingerprint density at radius 3 is 2.86 bits per heavy atom. The number of nitrogens with zero attached hydrogens (tertiary/aromatic N) is 3. The van der Waals surface area contributed by atoms with Crippen molar-refractivity contribution in [2.24, 2.45) is 5.73 Å². The van der Waals surface area contributed by atoms with E-state index in [1.165, 1.54) is 0 Å². The quantitative estimate of drug-likeness (QED) is 0.680. The second-order valence-corrected chi connectivity index (χ2v) is 5.88. The first-order valence-electron chi connectivity index (χ1n) is 7.40. The van der Waals surface area contributed by atoms with E-state index in [2.05, 4.69) is 29.2 Å². The molecule has 21 heavy (non-hydrogen) atoms. The first kappa shape index (κ1) is 18.0. The van der Waals surface area contributed by atoms with Crippen LogP contribution in [0.1, 0.15) is 20.3 Å². The number of thioether (sulfide) groups is 1. The van der Waals surface area contributed by atoms with E-state index in [9.17, 15) is 4.79 Å². The molecule has 1 aromatic heterocycles. The normalized spacial score (nSPS) is 12.6. The van der Waals surface area contributed by atoms with Gasteiger partial charge in [0.1, 0.15) is 0 Å². The fraction of sp³-hybridized carbons (Fsp3) is 0.714. The van der Waals surface area contributed by atoms with Gasteiger partial charge in [-0.25, -0.2) is 0 Å². The molecule has 1 heterocycles. The first-order chi connectivity index (χ1) is 10.1. The van der Waals surface area contributed by atoms with Gasteiger partial charge >= 0.3 is 0 Å². The molecule has 0 spiro atoms. The third-order valence-corrected chi connectivity index (χ3v) is 4.05. The lowest BCUT2D eigenvalue weighted by atomic mass is 10.2. The van der Waals surface area contributed by atoms with E-state index in [0.717, 1.165) is 31.9 Å². The van der Waals surface area contributed by atoms with Crippen LogP contribution in [-0.2, 0) is 11.3 Å². The molecule has 0 radical (unpaired) electrons. The van der Waals surface area contributed by atoms with Gasteiger partial charge in [-0.15, -0.1) is 0 Å². The van der Waals surface area contributed by atoms with Crippen molar-refractivity contribution >= 4 is 23.4 Å². The summed E-state index contributed by atoms with van der Waals surface area (Å²) in [7, 11) is 0. The van der Waals surface area contributed by atoms with Gasteiger partial charge in [-0.3, -0.25) is 9.48 Å². The molecule has 1 aromatic rings. The average molecular weight is 313 g/mol. The molecule has 0 aliphatic carbocycles. The maximum Gasteiger partial charge on any atom is 0.241 e. The third-order valence-electron chi connectivity index (χ3n) is 3.41. The minimum atomic E-state index is -0.462. The molecule has 120 valence electrons. The Kier molecular flexibility index (Phi) is 8.41. The van der Waals surface area contributed by atoms with Crippen molar-refractivity contribution in [3.63, 3.8) is 0 Å². The molecule has 0 bridgehead atoms. The lowest BCUT2D eigenvalue weighted by molar-refractivity contribution is -0.117. The van der Waals surface area contributed by atoms with Gasteiger partial charge in [0.15, 0.2) is 0 Å². The molecule has 1 atom stereocenters. The SMILES string of the molecule is CCN(CC)CCn1cc(NC(=O)[C@@H](N)CCSC)cn1. The summed E-state index contributed by atoms with van der Waals surface area (Å²) in [5, 5.41) is 7.08. The summed E-state index contributed by atoms with van der Waals surface area (Å²) in [6.45, 7) is 8.13. The monoisotopic (exact) mass is 313 g/mol. The molecule has 0 unspecified atom stereocenters. The molecule has 1 rings (SSSR count). The van der Waals surface area contributed by atoms with Crippen LogP contribution in [0.5, 0.6) is 0 Å². The van der Waals surface area contributed by atoms with Gasteiger partial charge < -0.3 is 16.0 Å². The summed E-state index contributed by atoms with van der Waals surface area (Å²) < 4.78 is 1.85. The number of anilines is 1. The molecule has 3 N–H and O–H groups in total. The summed E-state index contributed by atoms with van der Waals surface area (Å²) in [6.07, 6.45) is 6.21. The van der Waals surface area contributed by atoms with E-state index in [-0.39, 0.29) is 5.91 Å². The van der Waals surface area contributed by atoms with Gasteiger partial charge in [0.05, 0.1) is 24.5 Å². The average Bonchev–Trinajstić information content (AvgIpc) is 2.93. The van der Waals surface area contributed by atoms with Crippen LogP contribution in [0.15, 0.2) is 12.4 Å². The van der Waals surface area contributed by atoms with Crippen LogP contribution in [0.25, 0.3) is 0 Å². The maximum atomic E-state index is 11.9. The Hall–Kier alpha value is -1.05. The van der Waals surface area contributed by atoms with Crippen molar-refractivity contribution < 1.29 is 4.79 Å². The topological polar surface area (TPSA) is 76.2 Å². The summed E-state index contributed by atoms with van der Waals surface area (Å²) in [5.74, 6) is 0.741. The number of carbonyl (C=O) groups excluding carboxylic acids is 1. The number of aromatic nitrogens is 2. The van der Waals surface area contributed by atoms with Crippen molar-refractivity contribution in [1.82, 2.24) is 14.7 Å². The molecular formula is C14H27N5OS. The van der Waals surface area contributed by atoms with E-state index in [1.54, 1.807) is 18.0 Å². The Morgan fingerprint density at radius 1 is 1.52 bits per heavy atom. The lowest BCUT2D eigenvalue weighted by Gasteiger charge is -2.17. The van der Waals surface area contributed by atoms with Crippen molar-refractivity contribution in [3.05, 3.63) is 12.4 Å². The molecule has 0 aliphatic heterocycles. The molecule has 0 aromatic carbocycles. The van der Waals surface area contributed by atoms with E-state index in [4.69, 9.17) is 5.73 Å². The fourth-order valence-corrected chi connectivity index (χ4v) is 2.43. The zero-order valence-corrected chi connectivity index (χ0v) is 14.0. The Bertz CT molecular complexity index is 419. The summed E-state index contributed by atoms with van der Waals surface area (Å²) in [4.78, 5) is 14.2. The molecule has 0 saturated carbocycles. The van der Waals surface area contributed by atoms with Crippen molar-refractivity contribution in [2.45, 2.75) is 32.9 Å². The van der Waals surface area contributed by atoms with Crippen molar-refractivity contribution in [3.8, 4) is 0 Å². The largest absolute Gasteiger partial charge is 0.322 e. The van der Waals surface area contributed by atoms with Crippen LogP contribution in [-0.4, -0.2) is 58.3 Å². The van der Waals surface area contributed by atoms with Gasteiger partial charge in [-0.2, -0.15) is 16.9 Å². The first-order valence-corrected chi connectivity index (χ1v) is 8.80. The number of rotatable bonds is 10. The number of nitrogens with two attached hydrogens (primary N) is 1. The highest BCUT2D eigenvalue weighted by molar-refractivity contribution is 7.98. The summed E-state index contributed by atoms with van der Waals surface area (Å²) in [5.41, 5.74) is 6.54. The zero-order valence-electron chi connectivity index (χ0n) is 13.2. The lowest BCUT2D eigenvalue weighted by Crippen LogP contribution is -2.36. The number of nitrogens with one attached hydrogen (secondary N) is 1. The number of hydrogen-bond acceptors (Lipinski definition) is 5. The molecular weight excluding hydrogens is 286 g/mol. The van der Waals surface area contributed by atoms with Crippen LogP contribution >= 0.6 is 11.8 Å². The van der Waals surface area contributed by atoms with Gasteiger partial charge in [-0.1, -0.05) is 13.8 Å². The summed E-state index contributed by atoms with van der Waals surface area (Å²) >= 11 is 1.69. The minimum absolute atomic E-state index is 0.146. The molecule has 0 fully saturated rings. The molecule has 1 amide bonds. The Balaban J connectivity index is 2.42. The highest BCUT2D eigenvalue weighted by Gasteiger charge is 2.13. The van der Waals surface area contributed by atoms with Crippen LogP contribution in [0.3, 0.4) is 0 Å². The smallest absolute Gasteiger partial charge is 0.241 e. The van der Waals surface area contributed by atoms with Crippen molar-refractivity contribution in [1.29, 1.82) is 0 Å². The van der Waals surface area contributed by atoms with Gasteiger partial charge in [0.2, 0.25) is 5.91 Å². The van der Waals surface area contributed by atoms with Crippen molar-refractivity contribution in [2.75, 3.05) is 37.0 Å². The Labute approximate surface area is 131 Å². The van der Waals surface area contributed by atoms with Crippen LogP contribution in [0, 0.1) is 0 Å². The minimum Gasteiger partial charge on any atom is -0.322 e. The van der Waals surface area contributed by atoms with Crippen LogP contribution in [0.4, 0.5) is 5.69 Å². The van der Waals surface area contributed by atoms with E-state index in [1.807, 2.05) is 17.1 Å². The van der Waals surface area contributed by atoms with Gasteiger partial charge in [0, 0.05) is 12.7 Å². The van der Waals surface area contributed by atoms with Gasteiger partial charge in [0.25, 0.3) is 0 Å². The fourth-order valence-electron chi connectivity index (χ4n) is 1.94. The predicted molar refractivity (Wildman–Crippen MR) is 89.6 cm³/mol. The molecule has 0 saturated heterocycles. The second-order valence-electron chi connectivity index (χ2n) is 4.90. The second kappa shape index (κ2) is 9.81. The highest BCUT2D eigenvalue weighted by atomic mass is 32.2. The maximum absolute atomic E-state index is 11.9. The number of carbonyl (C=O) groups is 1. The third kappa shape index (κ3) is 6.50. The zero-order chi connectivity index (χ0) is 15.7. The standard InChI is InChI=1S/C14H27N5OS/c1-4-18(5-2)7-8-19-11-12(10-16-19)17-14(20)13(15)6-9-21-3/h10-11,13H,4-9,15H2,1-3H3,(H,17,20)/t13-/m0/s1.